The summed E-state index contributed by atoms with van der Waals surface area (Å²) in [5.41, 5.74) is -0.442. The molecule has 0 bridgehead atoms. The van der Waals surface area contributed by atoms with Gasteiger partial charge in [0, 0.05) is 38.6 Å². The SMILES string of the molecule is CN(c1ncccn1)C1CCN(C(=O)OC(C)(C)C)CC1. The fourth-order valence-electron chi connectivity index (χ4n) is 2.40. The van der Waals surface area contributed by atoms with Gasteiger partial charge in [0.05, 0.1) is 0 Å². The van der Waals surface area contributed by atoms with Crippen molar-refractivity contribution in [2.24, 2.45) is 0 Å². The van der Waals surface area contributed by atoms with E-state index in [9.17, 15) is 4.79 Å². The largest absolute Gasteiger partial charge is 0.444 e. The topological polar surface area (TPSA) is 58.6 Å². The van der Waals surface area contributed by atoms with Gasteiger partial charge in [-0.3, -0.25) is 0 Å². The predicted molar refractivity (Wildman–Crippen MR) is 81.3 cm³/mol. The van der Waals surface area contributed by atoms with Crippen LogP contribution in [-0.4, -0.2) is 52.7 Å². The Labute approximate surface area is 126 Å². The van der Waals surface area contributed by atoms with E-state index >= 15 is 0 Å². The maximum atomic E-state index is 12.0. The van der Waals surface area contributed by atoms with Crippen molar-refractivity contribution in [1.29, 1.82) is 0 Å². The van der Waals surface area contributed by atoms with Gasteiger partial charge in [0.1, 0.15) is 5.60 Å². The molecule has 1 saturated heterocycles. The molecule has 0 N–H and O–H groups in total. The lowest BCUT2D eigenvalue weighted by Crippen LogP contribution is -2.47. The van der Waals surface area contributed by atoms with Crippen molar-refractivity contribution in [3.63, 3.8) is 0 Å². The Hall–Kier alpha value is -1.85. The smallest absolute Gasteiger partial charge is 0.410 e. The van der Waals surface area contributed by atoms with Gasteiger partial charge in [-0.05, 0) is 39.7 Å². The molecule has 0 spiro atoms. The van der Waals surface area contributed by atoms with Crippen LogP contribution in [0.2, 0.25) is 0 Å². The Morgan fingerprint density at radius 1 is 1.29 bits per heavy atom. The minimum atomic E-state index is -0.442. The molecule has 1 amide bonds. The van der Waals surface area contributed by atoms with Gasteiger partial charge in [-0.1, -0.05) is 0 Å². The van der Waals surface area contributed by atoms with E-state index in [1.807, 2.05) is 33.9 Å². The predicted octanol–water partition coefficient (Wildman–Crippen LogP) is 2.31. The molecule has 6 nitrogen and oxygen atoms in total. The molecule has 1 fully saturated rings. The van der Waals surface area contributed by atoms with Crippen molar-refractivity contribution < 1.29 is 9.53 Å². The minimum absolute atomic E-state index is 0.223. The number of rotatable bonds is 2. The van der Waals surface area contributed by atoms with Gasteiger partial charge in [-0.25, -0.2) is 14.8 Å². The molecular weight excluding hydrogens is 268 g/mol. The third kappa shape index (κ3) is 4.31. The van der Waals surface area contributed by atoms with E-state index in [4.69, 9.17) is 4.74 Å². The highest BCUT2D eigenvalue weighted by Gasteiger charge is 2.29. The molecule has 21 heavy (non-hydrogen) atoms. The summed E-state index contributed by atoms with van der Waals surface area (Å²) < 4.78 is 5.41. The average Bonchev–Trinajstić information content (AvgIpc) is 2.46. The monoisotopic (exact) mass is 292 g/mol. The molecule has 1 aromatic heterocycles. The van der Waals surface area contributed by atoms with E-state index in [-0.39, 0.29) is 6.09 Å². The highest BCUT2D eigenvalue weighted by Crippen LogP contribution is 2.20. The summed E-state index contributed by atoms with van der Waals surface area (Å²) in [5, 5.41) is 0. The van der Waals surface area contributed by atoms with Crippen LogP contribution >= 0.6 is 0 Å². The van der Waals surface area contributed by atoms with Crippen LogP contribution in [0.4, 0.5) is 10.7 Å². The molecule has 0 atom stereocenters. The third-order valence-corrected chi connectivity index (χ3v) is 3.53. The first kappa shape index (κ1) is 15.5. The molecule has 6 heteroatoms. The first-order chi connectivity index (χ1) is 9.87. The van der Waals surface area contributed by atoms with Gasteiger partial charge in [0.25, 0.3) is 0 Å². The number of likely N-dealkylation sites (tertiary alicyclic amines) is 1. The maximum absolute atomic E-state index is 12.0. The summed E-state index contributed by atoms with van der Waals surface area (Å²) in [6, 6.07) is 2.16. The van der Waals surface area contributed by atoms with Crippen LogP contribution in [0.3, 0.4) is 0 Å². The van der Waals surface area contributed by atoms with Crippen molar-refractivity contribution in [3.8, 4) is 0 Å². The van der Waals surface area contributed by atoms with Crippen molar-refractivity contribution in [1.82, 2.24) is 14.9 Å². The number of ether oxygens (including phenoxy) is 1. The summed E-state index contributed by atoms with van der Waals surface area (Å²) >= 11 is 0. The third-order valence-electron chi connectivity index (χ3n) is 3.53. The minimum Gasteiger partial charge on any atom is -0.444 e. The molecule has 1 aliphatic heterocycles. The van der Waals surface area contributed by atoms with Crippen molar-refractivity contribution in [2.45, 2.75) is 45.3 Å². The van der Waals surface area contributed by atoms with E-state index < -0.39 is 5.60 Å². The summed E-state index contributed by atoms with van der Waals surface area (Å²) in [6.07, 6.45) is 5.06. The van der Waals surface area contributed by atoms with Crippen LogP contribution in [0, 0.1) is 0 Å². The van der Waals surface area contributed by atoms with Crippen LogP contribution in [0.5, 0.6) is 0 Å². The normalized spacial score (nSPS) is 16.7. The molecule has 0 aliphatic carbocycles. The second-order valence-electron chi connectivity index (χ2n) is 6.36. The molecule has 0 radical (unpaired) electrons. The molecule has 0 aromatic carbocycles. The zero-order chi connectivity index (χ0) is 15.5. The number of nitrogens with zero attached hydrogens (tertiary/aromatic N) is 4. The summed E-state index contributed by atoms with van der Waals surface area (Å²) in [7, 11) is 2.00. The fraction of sp³-hybridized carbons (Fsp3) is 0.667. The fourth-order valence-corrected chi connectivity index (χ4v) is 2.40. The zero-order valence-electron chi connectivity index (χ0n) is 13.2. The van der Waals surface area contributed by atoms with Crippen molar-refractivity contribution >= 4 is 12.0 Å². The van der Waals surface area contributed by atoms with E-state index in [0.717, 1.165) is 18.8 Å². The van der Waals surface area contributed by atoms with E-state index in [1.165, 1.54) is 0 Å². The number of hydrogen-bond acceptors (Lipinski definition) is 5. The maximum Gasteiger partial charge on any atom is 0.410 e. The van der Waals surface area contributed by atoms with Gasteiger partial charge in [0.2, 0.25) is 5.95 Å². The van der Waals surface area contributed by atoms with E-state index in [2.05, 4.69) is 14.9 Å². The highest BCUT2D eigenvalue weighted by atomic mass is 16.6. The number of piperidine rings is 1. The van der Waals surface area contributed by atoms with Gasteiger partial charge in [-0.2, -0.15) is 0 Å². The van der Waals surface area contributed by atoms with Crippen LogP contribution in [0.15, 0.2) is 18.5 Å². The number of aromatic nitrogens is 2. The van der Waals surface area contributed by atoms with Crippen molar-refractivity contribution in [2.75, 3.05) is 25.0 Å². The number of amides is 1. The Kier molecular flexibility index (Phi) is 4.65. The summed E-state index contributed by atoms with van der Waals surface area (Å²) in [5.74, 6) is 0.730. The lowest BCUT2D eigenvalue weighted by Gasteiger charge is -2.37. The zero-order valence-corrected chi connectivity index (χ0v) is 13.2. The summed E-state index contributed by atoms with van der Waals surface area (Å²) in [6.45, 7) is 7.07. The number of carbonyl (C=O) groups is 1. The molecule has 1 aromatic rings. The first-order valence-electron chi connectivity index (χ1n) is 7.34. The second-order valence-corrected chi connectivity index (χ2v) is 6.36. The average molecular weight is 292 g/mol. The molecular formula is C15H24N4O2. The van der Waals surface area contributed by atoms with E-state index in [0.29, 0.717) is 19.1 Å². The molecule has 1 aliphatic rings. The van der Waals surface area contributed by atoms with E-state index in [1.54, 1.807) is 17.3 Å². The number of carbonyl (C=O) groups excluding carboxylic acids is 1. The summed E-state index contributed by atoms with van der Waals surface area (Å²) in [4.78, 5) is 24.4. The Bertz CT molecular complexity index is 464. The van der Waals surface area contributed by atoms with Gasteiger partial charge < -0.3 is 14.5 Å². The first-order valence-corrected chi connectivity index (χ1v) is 7.34. The quantitative estimate of drug-likeness (QED) is 0.837. The Balaban J connectivity index is 1.87. The van der Waals surface area contributed by atoms with Gasteiger partial charge in [-0.15, -0.1) is 0 Å². The molecule has 2 rings (SSSR count). The molecule has 116 valence electrons. The van der Waals surface area contributed by atoms with Crippen LogP contribution in [0.1, 0.15) is 33.6 Å². The molecule has 0 saturated carbocycles. The van der Waals surface area contributed by atoms with Gasteiger partial charge >= 0.3 is 6.09 Å². The van der Waals surface area contributed by atoms with Gasteiger partial charge in [0.15, 0.2) is 0 Å². The highest BCUT2D eigenvalue weighted by molar-refractivity contribution is 5.68. The van der Waals surface area contributed by atoms with Crippen LogP contribution in [0.25, 0.3) is 0 Å². The Morgan fingerprint density at radius 2 is 1.86 bits per heavy atom. The lowest BCUT2D eigenvalue weighted by atomic mass is 10.0. The second kappa shape index (κ2) is 6.28. The number of anilines is 1. The van der Waals surface area contributed by atoms with Crippen LogP contribution in [-0.2, 0) is 4.74 Å². The Morgan fingerprint density at radius 3 is 2.38 bits per heavy atom. The van der Waals surface area contributed by atoms with Crippen LogP contribution < -0.4 is 4.90 Å². The van der Waals surface area contributed by atoms with Crippen molar-refractivity contribution in [3.05, 3.63) is 18.5 Å². The number of hydrogen-bond donors (Lipinski definition) is 0. The standard InChI is InChI=1S/C15H24N4O2/c1-15(2,3)21-14(20)19-10-6-12(7-11-19)18(4)13-16-8-5-9-17-13/h5,8-9,12H,6-7,10-11H2,1-4H3. The lowest BCUT2D eigenvalue weighted by molar-refractivity contribution is 0.0205. The molecule has 2 heterocycles. The molecule has 0 unspecified atom stereocenters.